The van der Waals surface area contributed by atoms with Gasteiger partial charge in [0.25, 0.3) is 5.60 Å². The van der Waals surface area contributed by atoms with E-state index in [1.165, 1.54) is 19.4 Å². The van der Waals surface area contributed by atoms with Crippen molar-refractivity contribution in [2.24, 2.45) is 0 Å². The number of aryl methyl sites for hydroxylation is 3. The minimum atomic E-state index is -5.92. The Bertz CT molecular complexity index is 1050. The van der Waals surface area contributed by atoms with Gasteiger partial charge in [0.2, 0.25) is 0 Å². The average molecular weight is 577 g/mol. The lowest BCUT2D eigenvalue weighted by Gasteiger charge is -2.33. The van der Waals surface area contributed by atoms with Gasteiger partial charge >= 0.3 is 12.4 Å². The number of hydrogen-bond donors (Lipinski definition) is 1. The Labute approximate surface area is 215 Å². The van der Waals surface area contributed by atoms with Crippen molar-refractivity contribution >= 4 is 15.9 Å². The van der Waals surface area contributed by atoms with E-state index in [4.69, 9.17) is 4.74 Å². The normalized spacial score (nSPS) is 12.1. The van der Waals surface area contributed by atoms with Gasteiger partial charge in [-0.2, -0.15) is 26.3 Å². The monoisotopic (exact) mass is 576 g/mol. The van der Waals surface area contributed by atoms with Gasteiger partial charge in [-0.25, -0.2) is 0 Å². The average Bonchev–Trinajstić information content (AvgIpc) is 2.81. The maximum atomic E-state index is 13.0. The molecular weight excluding hydrogens is 550 g/mol. The van der Waals surface area contributed by atoms with Crippen molar-refractivity contribution in [3.05, 3.63) is 101 Å². The second-order valence-electron chi connectivity index (χ2n) is 8.15. The third-order valence-corrected chi connectivity index (χ3v) is 5.80. The molecular formula is C27H27BrF6O2. The van der Waals surface area contributed by atoms with Crippen LogP contribution < -0.4 is 4.74 Å². The Balaban J connectivity index is 0.000000425. The van der Waals surface area contributed by atoms with E-state index in [0.29, 0.717) is 18.6 Å². The Morgan fingerprint density at radius 2 is 1.14 bits per heavy atom. The Hall–Kier alpha value is -2.52. The number of hydrogen-bond acceptors (Lipinski definition) is 2. The fourth-order valence-electron chi connectivity index (χ4n) is 3.54. The highest BCUT2D eigenvalue weighted by Gasteiger charge is 2.71. The Morgan fingerprint density at radius 1 is 0.722 bits per heavy atom. The zero-order valence-electron chi connectivity index (χ0n) is 19.8. The minimum Gasteiger partial charge on any atom is -0.493 e. The lowest BCUT2D eigenvalue weighted by Crippen LogP contribution is -2.54. The largest absolute Gasteiger partial charge is 0.493 e. The molecule has 1 N–H and O–H groups in total. The number of benzene rings is 3. The summed E-state index contributed by atoms with van der Waals surface area (Å²) < 4.78 is 83.8. The third kappa shape index (κ3) is 7.49. The van der Waals surface area contributed by atoms with E-state index >= 15 is 0 Å². The van der Waals surface area contributed by atoms with Crippen molar-refractivity contribution in [1.29, 1.82) is 0 Å². The molecule has 0 saturated carbocycles. The van der Waals surface area contributed by atoms with Crippen LogP contribution in [0.1, 0.15) is 27.8 Å². The number of halogens is 7. The summed E-state index contributed by atoms with van der Waals surface area (Å²) in [5.74, 6) is 0.196. The smallest absolute Gasteiger partial charge is 0.430 e. The van der Waals surface area contributed by atoms with Crippen LogP contribution in [0.3, 0.4) is 0 Å². The fraction of sp³-hybridized carbons (Fsp3) is 0.333. The van der Waals surface area contributed by atoms with Gasteiger partial charge < -0.3 is 9.84 Å². The molecule has 0 aromatic heterocycles. The number of ether oxygens (including phenoxy) is 1. The topological polar surface area (TPSA) is 29.5 Å². The van der Waals surface area contributed by atoms with Crippen LogP contribution in [0.4, 0.5) is 26.3 Å². The van der Waals surface area contributed by atoms with E-state index in [0.717, 1.165) is 17.3 Å². The van der Waals surface area contributed by atoms with Crippen molar-refractivity contribution in [3.63, 3.8) is 0 Å². The Morgan fingerprint density at radius 3 is 1.53 bits per heavy atom. The first-order valence-corrected chi connectivity index (χ1v) is 12.2. The Kier molecular flexibility index (Phi) is 10.4. The number of alkyl halides is 7. The molecule has 2 nitrogen and oxygen atoms in total. The molecule has 0 aliphatic heterocycles. The van der Waals surface area contributed by atoms with Crippen LogP contribution in [0.2, 0.25) is 0 Å². The highest BCUT2D eigenvalue weighted by atomic mass is 79.9. The van der Waals surface area contributed by atoms with Crippen molar-refractivity contribution in [2.45, 2.75) is 44.6 Å². The second kappa shape index (κ2) is 12.6. The van der Waals surface area contributed by atoms with Crippen molar-refractivity contribution in [2.75, 3.05) is 11.9 Å². The van der Waals surface area contributed by atoms with Crippen molar-refractivity contribution in [1.82, 2.24) is 0 Å². The first kappa shape index (κ1) is 29.7. The molecule has 36 heavy (non-hydrogen) atoms. The third-order valence-electron chi connectivity index (χ3n) is 5.40. The fourth-order valence-corrected chi connectivity index (χ4v) is 4.00. The summed E-state index contributed by atoms with van der Waals surface area (Å²) in [6.07, 6.45) is -10.2. The van der Waals surface area contributed by atoms with E-state index in [1.54, 1.807) is 0 Å². The van der Waals surface area contributed by atoms with Gasteiger partial charge in [-0.1, -0.05) is 76.6 Å². The van der Waals surface area contributed by atoms with Gasteiger partial charge in [0.1, 0.15) is 5.75 Å². The molecule has 0 atom stereocenters. The maximum Gasteiger partial charge on any atom is 0.430 e. The van der Waals surface area contributed by atoms with Gasteiger partial charge in [-0.3, -0.25) is 0 Å². The second-order valence-corrected chi connectivity index (χ2v) is 8.95. The van der Waals surface area contributed by atoms with Crippen molar-refractivity contribution < 1.29 is 36.2 Å². The molecule has 0 aliphatic rings. The molecule has 0 heterocycles. The quantitative estimate of drug-likeness (QED) is 0.229. The van der Waals surface area contributed by atoms with Crippen LogP contribution in [0.5, 0.6) is 5.75 Å². The van der Waals surface area contributed by atoms with Crippen LogP contribution >= 0.6 is 15.9 Å². The summed E-state index contributed by atoms with van der Waals surface area (Å²) >= 11 is 3.39. The summed E-state index contributed by atoms with van der Waals surface area (Å²) in [7, 11) is 0. The van der Waals surface area contributed by atoms with Crippen LogP contribution in [-0.2, 0) is 18.4 Å². The predicted octanol–water partition coefficient (Wildman–Crippen LogP) is 7.86. The van der Waals surface area contributed by atoms with E-state index in [9.17, 15) is 31.4 Å². The molecule has 0 radical (unpaired) electrons. The molecule has 3 rings (SSSR count). The maximum absolute atomic E-state index is 13.0. The van der Waals surface area contributed by atoms with Gasteiger partial charge in [0.15, 0.2) is 0 Å². The lowest BCUT2D eigenvalue weighted by molar-refractivity contribution is -0.376. The van der Waals surface area contributed by atoms with Crippen molar-refractivity contribution in [3.8, 4) is 5.75 Å². The zero-order chi connectivity index (χ0) is 27.0. The number of aliphatic hydroxyl groups is 1. The van der Waals surface area contributed by atoms with Gasteiger partial charge in [0, 0.05) is 17.3 Å². The standard InChI is InChI=1S/C19H18F6O2.C8H9Br/c1-12-10-15(17(26,18(20,21)22)19(23,24)25)11-13(2)16(12)27-9-8-14-6-4-3-5-7-14;9-7-6-8-4-2-1-3-5-8/h3-7,10-11,26H,8-9H2,1-2H3;1-5H,6-7H2. The highest BCUT2D eigenvalue weighted by molar-refractivity contribution is 9.09. The summed E-state index contributed by atoms with van der Waals surface area (Å²) in [4.78, 5) is 0. The first-order chi connectivity index (χ1) is 16.8. The molecule has 0 fully saturated rings. The summed E-state index contributed by atoms with van der Waals surface area (Å²) in [5.41, 5.74) is -3.71. The molecule has 0 unspecified atom stereocenters. The molecule has 3 aromatic rings. The molecule has 0 spiro atoms. The number of rotatable bonds is 7. The zero-order valence-corrected chi connectivity index (χ0v) is 21.3. The summed E-state index contributed by atoms with van der Waals surface area (Å²) in [6.45, 7) is 2.87. The van der Waals surface area contributed by atoms with E-state index in [-0.39, 0.29) is 23.5 Å². The van der Waals surface area contributed by atoms with Gasteiger partial charge in [-0.05, 0) is 54.7 Å². The molecule has 0 saturated heterocycles. The van der Waals surface area contributed by atoms with Crippen LogP contribution in [0.15, 0.2) is 72.8 Å². The molecule has 0 aliphatic carbocycles. The first-order valence-electron chi connectivity index (χ1n) is 11.1. The highest BCUT2D eigenvalue weighted by Crippen LogP contribution is 2.50. The van der Waals surface area contributed by atoms with Crippen LogP contribution in [0.25, 0.3) is 0 Å². The van der Waals surface area contributed by atoms with E-state index in [2.05, 4.69) is 40.2 Å². The molecule has 3 aromatic carbocycles. The molecule has 0 bridgehead atoms. The van der Waals surface area contributed by atoms with E-state index in [1.807, 2.05) is 36.4 Å². The van der Waals surface area contributed by atoms with Gasteiger partial charge in [-0.15, -0.1) is 0 Å². The van der Waals surface area contributed by atoms with E-state index < -0.39 is 23.5 Å². The van der Waals surface area contributed by atoms with Crippen LogP contribution in [-0.4, -0.2) is 29.4 Å². The van der Waals surface area contributed by atoms with Gasteiger partial charge in [0.05, 0.1) is 6.61 Å². The molecule has 0 amide bonds. The summed E-state index contributed by atoms with van der Waals surface area (Å²) in [6, 6.07) is 21.1. The SMILES string of the molecule is BrCCc1ccccc1.Cc1cc(C(O)(C(F)(F)F)C(F)(F)F)cc(C)c1OCCc1ccccc1. The molecule has 9 heteroatoms. The predicted molar refractivity (Wildman–Crippen MR) is 132 cm³/mol. The molecule has 196 valence electrons. The lowest BCUT2D eigenvalue weighted by atomic mass is 9.89. The summed E-state index contributed by atoms with van der Waals surface area (Å²) in [5, 5.41) is 10.6. The minimum absolute atomic E-state index is 0.0741. The van der Waals surface area contributed by atoms with Crippen LogP contribution in [0, 0.1) is 13.8 Å².